The van der Waals surface area contributed by atoms with Crippen LogP contribution in [0.4, 0.5) is 11.4 Å². The average molecular weight is 554 g/mol. The molecule has 1 aromatic heterocycles. The maximum absolute atomic E-state index is 12.4. The lowest BCUT2D eigenvalue weighted by molar-refractivity contribution is -0.0511. The van der Waals surface area contributed by atoms with Crippen LogP contribution in [-0.2, 0) is 6.42 Å². The maximum Gasteiger partial charge on any atom is 0.336 e. The molecule has 4 aromatic rings. The summed E-state index contributed by atoms with van der Waals surface area (Å²) < 4.78 is 18.1. The predicted octanol–water partition coefficient (Wildman–Crippen LogP) is 5.72. The molecule has 7 rings (SSSR count). The third-order valence-electron chi connectivity index (χ3n) is 8.53. The zero-order valence-electron chi connectivity index (χ0n) is 23.5. The molecule has 0 saturated heterocycles. The van der Waals surface area contributed by atoms with Crippen molar-refractivity contribution in [3.63, 3.8) is 0 Å². The van der Waals surface area contributed by atoms with Gasteiger partial charge in [0.25, 0.3) is 0 Å². The van der Waals surface area contributed by atoms with Gasteiger partial charge < -0.3 is 34.1 Å². The summed E-state index contributed by atoms with van der Waals surface area (Å²) >= 11 is 0. The Morgan fingerprint density at radius 3 is 2.44 bits per heavy atom. The number of fused-ring (bicyclic) bond motifs is 7. The van der Waals surface area contributed by atoms with Crippen LogP contribution in [0, 0.1) is 0 Å². The monoisotopic (exact) mass is 553 g/mol. The van der Waals surface area contributed by atoms with E-state index in [1.807, 2.05) is 56.1 Å². The third-order valence-corrected chi connectivity index (χ3v) is 8.53. The van der Waals surface area contributed by atoms with E-state index in [0.29, 0.717) is 45.7 Å². The highest BCUT2D eigenvalue weighted by atomic mass is 16.5. The smallest absolute Gasteiger partial charge is 0.336 e. The van der Waals surface area contributed by atoms with Gasteiger partial charge in [-0.05, 0) is 69.7 Å². The van der Waals surface area contributed by atoms with Gasteiger partial charge in [0.1, 0.15) is 45.9 Å². The number of aromatic hydroxyl groups is 2. The molecule has 8 nitrogen and oxygen atoms in total. The van der Waals surface area contributed by atoms with Crippen LogP contribution in [0.3, 0.4) is 0 Å². The second-order valence-electron chi connectivity index (χ2n) is 12.2. The van der Waals surface area contributed by atoms with E-state index >= 15 is 0 Å². The molecule has 3 N–H and O–H groups in total. The number of benzene rings is 3. The first-order valence-corrected chi connectivity index (χ1v) is 13.7. The Balaban J connectivity index is 1.51. The predicted molar refractivity (Wildman–Crippen MR) is 156 cm³/mol. The molecule has 4 heterocycles. The van der Waals surface area contributed by atoms with E-state index in [4.69, 9.17) is 13.9 Å². The summed E-state index contributed by atoms with van der Waals surface area (Å²) in [5, 5.41) is 35.2. The summed E-state index contributed by atoms with van der Waals surface area (Å²) in [7, 11) is 1.88. The topological polar surface area (TPSA) is 113 Å². The van der Waals surface area contributed by atoms with Crippen LogP contribution in [0.5, 0.6) is 23.0 Å². The molecule has 210 valence electrons. The van der Waals surface area contributed by atoms with E-state index in [1.165, 1.54) is 6.07 Å². The number of ether oxygens (including phenoxy) is 2. The molecule has 3 aromatic carbocycles. The van der Waals surface area contributed by atoms with E-state index in [0.717, 1.165) is 22.4 Å². The van der Waals surface area contributed by atoms with Crippen LogP contribution >= 0.6 is 0 Å². The zero-order valence-corrected chi connectivity index (χ0v) is 23.5. The Hall–Kier alpha value is -4.43. The Morgan fingerprint density at radius 2 is 1.66 bits per heavy atom. The minimum absolute atomic E-state index is 0.0102. The second-order valence-corrected chi connectivity index (χ2v) is 12.2. The van der Waals surface area contributed by atoms with Crippen molar-refractivity contribution in [3.05, 3.63) is 86.8 Å². The molecule has 0 radical (unpaired) electrons. The first kappa shape index (κ1) is 25.5. The first-order valence-electron chi connectivity index (χ1n) is 13.7. The molecule has 2 atom stereocenters. The minimum atomic E-state index is -1.11. The van der Waals surface area contributed by atoms with Gasteiger partial charge in [-0.25, -0.2) is 4.79 Å². The van der Waals surface area contributed by atoms with Crippen molar-refractivity contribution in [2.75, 3.05) is 11.9 Å². The van der Waals surface area contributed by atoms with Crippen molar-refractivity contribution >= 4 is 28.4 Å². The number of nitrogens with zero attached hydrogens (tertiary/aromatic N) is 1. The molecule has 0 fully saturated rings. The number of rotatable bonds is 1. The summed E-state index contributed by atoms with van der Waals surface area (Å²) in [6.07, 6.45) is 3.28. The van der Waals surface area contributed by atoms with Crippen molar-refractivity contribution in [3.8, 4) is 23.0 Å². The normalized spacial score (nSPS) is 21.3. The Morgan fingerprint density at radius 1 is 0.902 bits per heavy atom. The summed E-state index contributed by atoms with van der Waals surface area (Å²) in [6.45, 7) is 7.49. The number of anilines is 2. The highest BCUT2D eigenvalue weighted by Gasteiger charge is 2.48. The van der Waals surface area contributed by atoms with Crippen molar-refractivity contribution < 1.29 is 29.2 Å². The molecular weight excluding hydrogens is 522 g/mol. The van der Waals surface area contributed by atoms with Gasteiger partial charge in [-0.1, -0.05) is 6.07 Å². The fraction of sp³-hybridized carbons (Fsp3) is 0.303. The van der Waals surface area contributed by atoms with Gasteiger partial charge in [-0.2, -0.15) is 0 Å². The molecule has 0 saturated carbocycles. The van der Waals surface area contributed by atoms with Crippen LogP contribution < -0.4 is 20.0 Å². The van der Waals surface area contributed by atoms with Crippen molar-refractivity contribution in [2.45, 2.75) is 57.3 Å². The second kappa shape index (κ2) is 8.30. The maximum atomic E-state index is 12.4. The molecule has 8 heteroatoms. The quantitative estimate of drug-likeness (QED) is 0.257. The van der Waals surface area contributed by atoms with Crippen LogP contribution in [-0.4, -0.2) is 39.7 Å². The van der Waals surface area contributed by atoms with E-state index in [9.17, 15) is 20.1 Å². The zero-order chi connectivity index (χ0) is 29.0. The van der Waals surface area contributed by atoms with Gasteiger partial charge in [0.15, 0.2) is 0 Å². The fourth-order valence-electron chi connectivity index (χ4n) is 6.61. The van der Waals surface area contributed by atoms with Gasteiger partial charge in [-0.3, -0.25) is 0 Å². The van der Waals surface area contributed by atoms with Crippen LogP contribution in [0.2, 0.25) is 0 Å². The van der Waals surface area contributed by atoms with E-state index in [2.05, 4.69) is 0 Å². The van der Waals surface area contributed by atoms with Gasteiger partial charge in [0.05, 0.1) is 17.3 Å². The lowest BCUT2D eigenvalue weighted by atomic mass is 9.74. The Labute approximate surface area is 236 Å². The summed E-state index contributed by atoms with van der Waals surface area (Å²) in [6, 6.07) is 11.8. The third kappa shape index (κ3) is 3.67. The van der Waals surface area contributed by atoms with Gasteiger partial charge in [-0.15, -0.1) is 0 Å². The van der Waals surface area contributed by atoms with Gasteiger partial charge >= 0.3 is 5.63 Å². The van der Waals surface area contributed by atoms with Crippen LogP contribution in [0.1, 0.15) is 61.4 Å². The molecule has 0 amide bonds. The van der Waals surface area contributed by atoms with E-state index in [-0.39, 0.29) is 11.5 Å². The lowest BCUT2D eigenvalue weighted by Crippen LogP contribution is -2.49. The molecule has 41 heavy (non-hydrogen) atoms. The van der Waals surface area contributed by atoms with Crippen LogP contribution in [0.15, 0.2) is 57.8 Å². The molecule has 0 bridgehead atoms. The number of phenols is 2. The van der Waals surface area contributed by atoms with Gasteiger partial charge in [0, 0.05) is 53.2 Å². The largest absolute Gasteiger partial charge is 0.508 e. The fourth-order valence-corrected chi connectivity index (χ4v) is 6.61. The highest BCUT2D eigenvalue weighted by molar-refractivity contribution is 5.90. The number of aliphatic hydroxyl groups is 1. The first-order chi connectivity index (χ1) is 19.4. The molecule has 0 spiro atoms. The standard InChI is InChI=1S/C33H31NO7/c1-32(2)13-12-18-23(40-32)15-21(36)19-14-17-6-9-20(35)25(28(17)34(5)29(18)19)27-26-22(41-33(3,4)31(27)38)10-7-16-8-11-24(37)39-30(16)26/h6-13,15,27,31,35-36,38H,14H2,1-5H3. The molecular formula is C33H31NO7. The van der Waals surface area contributed by atoms with E-state index < -0.39 is 28.8 Å². The van der Waals surface area contributed by atoms with E-state index in [1.54, 1.807) is 32.0 Å². The lowest BCUT2D eigenvalue weighted by Gasteiger charge is -2.44. The SMILES string of the molecule is CN1c2c3c(cc(O)c2Cc2ccc(O)c(C4c5c(ccc6ccc(=O)oc56)OC(C)(C)C4O)c21)OC(C)(C)C=C3. The molecule has 3 aliphatic rings. The Kier molecular flexibility index (Phi) is 5.17. The molecule has 2 unspecified atom stereocenters. The molecule has 0 aliphatic carbocycles. The number of phenolic OH excluding ortho intramolecular Hbond substituents is 2. The van der Waals surface area contributed by atoms with Crippen molar-refractivity contribution in [1.82, 2.24) is 0 Å². The average Bonchev–Trinajstić information content (AvgIpc) is 2.90. The number of hydrogen-bond acceptors (Lipinski definition) is 8. The van der Waals surface area contributed by atoms with Crippen molar-refractivity contribution in [1.29, 1.82) is 0 Å². The summed E-state index contributed by atoms with van der Waals surface area (Å²) in [5.41, 5.74) is 3.10. The highest BCUT2D eigenvalue weighted by Crippen LogP contribution is 2.56. The minimum Gasteiger partial charge on any atom is -0.508 e. The summed E-state index contributed by atoms with van der Waals surface area (Å²) in [5.74, 6) is 0.347. The number of hydrogen-bond donors (Lipinski definition) is 3. The van der Waals surface area contributed by atoms with Crippen LogP contribution in [0.25, 0.3) is 17.0 Å². The molecule has 3 aliphatic heterocycles. The summed E-state index contributed by atoms with van der Waals surface area (Å²) in [4.78, 5) is 14.3. The van der Waals surface area contributed by atoms with Crippen molar-refractivity contribution in [2.24, 2.45) is 0 Å². The Bertz CT molecular complexity index is 1870. The number of aliphatic hydroxyl groups excluding tert-OH is 1. The van der Waals surface area contributed by atoms with Gasteiger partial charge in [0.2, 0.25) is 0 Å².